The lowest BCUT2D eigenvalue weighted by Crippen LogP contribution is -2.19. The van der Waals surface area contributed by atoms with Crippen molar-refractivity contribution in [2.24, 2.45) is 0 Å². The van der Waals surface area contributed by atoms with E-state index in [0.29, 0.717) is 0 Å². The van der Waals surface area contributed by atoms with Gasteiger partial charge >= 0.3 is 0 Å². The largest absolute Gasteiger partial charge is 0.311 e. The highest BCUT2D eigenvalue weighted by Gasteiger charge is 2.00. The monoisotopic (exact) mass is 282 g/mol. The maximum absolute atomic E-state index is 4.39. The molecule has 2 heterocycles. The molecular formula is C15H18N6. The van der Waals surface area contributed by atoms with Crippen LogP contribution >= 0.6 is 0 Å². The Morgan fingerprint density at radius 1 is 1.05 bits per heavy atom. The van der Waals surface area contributed by atoms with E-state index < -0.39 is 0 Å². The lowest BCUT2D eigenvalue weighted by Gasteiger charge is -2.03. The van der Waals surface area contributed by atoms with Crippen LogP contribution in [0.3, 0.4) is 0 Å². The van der Waals surface area contributed by atoms with Gasteiger partial charge < -0.3 is 5.32 Å². The van der Waals surface area contributed by atoms with Crippen LogP contribution in [0.15, 0.2) is 55.1 Å². The molecule has 6 nitrogen and oxygen atoms in total. The highest BCUT2D eigenvalue weighted by Crippen LogP contribution is 2.03. The molecule has 21 heavy (non-hydrogen) atoms. The van der Waals surface area contributed by atoms with Gasteiger partial charge in [0.15, 0.2) is 0 Å². The van der Waals surface area contributed by atoms with Crippen molar-refractivity contribution in [2.75, 3.05) is 6.54 Å². The van der Waals surface area contributed by atoms with E-state index in [-0.39, 0.29) is 0 Å². The molecule has 0 spiro atoms. The normalized spacial score (nSPS) is 10.9. The number of hydrogen-bond donors (Lipinski definition) is 1. The van der Waals surface area contributed by atoms with Crippen molar-refractivity contribution in [1.82, 2.24) is 30.1 Å². The maximum Gasteiger partial charge on any atom is 0.0692 e. The summed E-state index contributed by atoms with van der Waals surface area (Å²) in [6.07, 6.45) is 7.54. The van der Waals surface area contributed by atoms with E-state index in [9.17, 15) is 0 Å². The van der Waals surface area contributed by atoms with E-state index in [1.807, 2.05) is 40.0 Å². The zero-order valence-corrected chi connectivity index (χ0v) is 11.8. The molecule has 1 N–H and O–H groups in total. The Kier molecular flexibility index (Phi) is 4.38. The Balaban J connectivity index is 1.44. The fourth-order valence-electron chi connectivity index (χ4n) is 2.13. The summed E-state index contributed by atoms with van der Waals surface area (Å²) in [5, 5.41) is 15.5. The van der Waals surface area contributed by atoms with Gasteiger partial charge in [-0.15, -0.1) is 5.10 Å². The third-order valence-electron chi connectivity index (χ3n) is 3.19. The van der Waals surface area contributed by atoms with Crippen LogP contribution in [0.1, 0.15) is 11.1 Å². The average Bonchev–Trinajstić information content (AvgIpc) is 3.17. The Bertz CT molecular complexity index is 644. The zero-order valence-electron chi connectivity index (χ0n) is 11.8. The zero-order chi connectivity index (χ0) is 14.3. The van der Waals surface area contributed by atoms with E-state index in [4.69, 9.17) is 0 Å². The lowest BCUT2D eigenvalue weighted by atomic mass is 10.2. The molecule has 0 aliphatic rings. The van der Waals surface area contributed by atoms with Crippen molar-refractivity contribution in [3.05, 3.63) is 66.2 Å². The summed E-state index contributed by atoms with van der Waals surface area (Å²) in [6, 6.07) is 10.3. The first-order valence-electron chi connectivity index (χ1n) is 7.00. The van der Waals surface area contributed by atoms with Gasteiger partial charge in [0.2, 0.25) is 0 Å². The summed E-state index contributed by atoms with van der Waals surface area (Å²) in [5.41, 5.74) is 2.44. The van der Waals surface area contributed by atoms with E-state index >= 15 is 0 Å². The van der Waals surface area contributed by atoms with Crippen LogP contribution in [0.5, 0.6) is 0 Å². The highest BCUT2D eigenvalue weighted by atomic mass is 15.4. The third kappa shape index (κ3) is 4.00. The Labute approximate surface area is 123 Å². The molecular weight excluding hydrogens is 264 g/mol. The lowest BCUT2D eigenvalue weighted by molar-refractivity contribution is 0.540. The summed E-state index contributed by atoms with van der Waals surface area (Å²) in [6.45, 7) is 3.29. The van der Waals surface area contributed by atoms with Crippen LogP contribution in [0.2, 0.25) is 0 Å². The van der Waals surface area contributed by atoms with Gasteiger partial charge in [0.05, 0.1) is 25.5 Å². The minimum atomic E-state index is 0.805. The summed E-state index contributed by atoms with van der Waals surface area (Å²) in [4.78, 5) is 0. The molecule has 0 radical (unpaired) electrons. The second-order valence-corrected chi connectivity index (χ2v) is 4.87. The molecule has 2 aromatic heterocycles. The van der Waals surface area contributed by atoms with E-state index in [1.54, 1.807) is 6.20 Å². The van der Waals surface area contributed by atoms with Crippen LogP contribution in [-0.4, -0.2) is 31.3 Å². The molecule has 108 valence electrons. The van der Waals surface area contributed by atoms with Gasteiger partial charge in [-0.25, -0.2) is 0 Å². The van der Waals surface area contributed by atoms with Crippen molar-refractivity contribution >= 4 is 0 Å². The first kappa shape index (κ1) is 13.5. The predicted molar refractivity (Wildman–Crippen MR) is 79.5 cm³/mol. The molecule has 0 atom stereocenters. The van der Waals surface area contributed by atoms with Crippen LogP contribution < -0.4 is 5.32 Å². The Hall–Kier alpha value is -2.47. The number of benzene rings is 1. The van der Waals surface area contributed by atoms with E-state index in [2.05, 4.69) is 39.1 Å². The minimum Gasteiger partial charge on any atom is -0.311 e. The molecule has 1 aromatic carbocycles. The van der Waals surface area contributed by atoms with Gasteiger partial charge in [-0.3, -0.25) is 9.36 Å². The molecule has 0 fully saturated rings. The predicted octanol–water partition coefficient (Wildman–Crippen LogP) is 1.31. The third-order valence-corrected chi connectivity index (χ3v) is 3.19. The second kappa shape index (κ2) is 6.81. The molecule has 0 saturated carbocycles. The molecule has 6 heteroatoms. The topological polar surface area (TPSA) is 60.6 Å². The first-order valence-corrected chi connectivity index (χ1v) is 7.00. The minimum absolute atomic E-state index is 0.805. The van der Waals surface area contributed by atoms with Crippen LogP contribution in [-0.2, 0) is 19.6 Å². The Morgan fingerprint density at radius 2 is 1.95 bits per heavy atom. The number of rotatable bonds is 7. The van der Waals surface area contributed by atoms with Crippen molar-refractivity contribution < 1.29 is 0 Å². The summed E-state index contributed by atoms with van der Waals surface area (Å²) in [5.74, 6) is 0. The van der Waals surface area contributed by atoms with Crippen molar-refractivity contribution in [3.63, 3.8) is 0 Å². The van der Waals surface area contributed by atoms with Gasteiger partial charge in [-0.1, -0.05) is 35.5 Å². The van der Waals surface area contributed by atoms with Crippen LogP contribution in [0, 0.1) is 0 Å². The number of aromatic nitrogens is 5. The molecule has 0 saturated heterocycles. The molecule has 0 amide bonds. The number of nitrogens with zero attached hydrogens (tertiary/aromatic N) is 5. The van der Waals surface area contributed by atoms with E-state index in [1.165, 1.54) is 11.1 Å². The van der Waals surface area contributed by atoms with E-state index in [0.717, 1.165) is 26.2 Å². The molecule has 3 rings (SSSR count). The number of hydrogen-bond acceptors (Lipinski definition) is 4. The van der Waals surface area contributed by atoms with Crippen LogP contribution in [0.4, 0.5) is 0 Å². The maximum atomic E-state index is 4.39. The van der Waals surface area contributed by atoms with Gasteiger partial charge in [0.25, 0.3) is 0 Å². The summed E-state index contributed by atoms with van der Waals surface area (Å²) in [7, 11) is 0. The fourth-order valence-corrected chi connectivity index (χ4v) is 2.13. The highest BCUT2D eigenvalue weighted by molar-refractivity contribution is 5.15. The van der Waals surface area contributed by atoms with Gasteiger partial charge in [-0.05, 0) is 5.56 Å². The van der Waals surface area contributed by atoms with Gasteiger partial charge in [0, 0.05) is 31.0 Å². The van der Waals surface area contributed by atoms with Crippen molar-refractivity contribution in [2.45, 2.75) is 19.6 Å². The van der Waals surface area contributed by atoms with Gasteiger partial charge in [-0.2, -0.15) is 5.10 Å². The Morgan fingerprint density at radius 3 is 2.76 bits per heavy atom. The molecule has 0 aliphatic heterocycles. The smallest absolute Gasteiger partial charge is 0.0692 e. The first-order chi connectivity index (χ1) is 10.4. The second-order valence-electron chi connectivity index (χ2n) is 4.87. The summed E-state index contributed by atoms with van der Waals surface area (Å²) >= 11 is 0. The molecule has 0 aliphatic carbocycles. The van der Waals surface area contributed by atoms with Crippen molar-refractivity contribution in [3.8, 4) is 0 Å². The fraction of sp³-hybridized carbons (Fsp3) is 0.267. The molecule has 0 unspecified atom stereocenters. The van der Waals surface area contributed by atoms with Gasteiger partial charge in [0.1, 0.15) is 0 Å². The number of nitrogens with one attached hydrogen (secondary N) is 1. The summed E-state index contributed by atoms with van der Waals surface area (Å²) < 4.78 is 3.77. The van der Waals surface area contributed by atoms with Crippen molar-refractivity contribution in [1.29, 1.82) is 0 Å². The SMILES string of the molecule is c1ccc(Cn2cc(CNCCn3ccnn3)cn2)cc1. The quantitative estimate of drug-likeness (QED) is 0.664. The molecule has 0 bridgehead atoms. The van der Waals surface area contributed by atoms with Crippen LogP contribution in [0.25, 0.3) is 0 Å². The standard InChI is InChI=1S/C15H18N6/c1-2-4-14(5-3-1)12-21-13-15(11-18-21)10-16-6-8-20-9-7-17-19-20/h1-5,7,9,11,13,16H,6,8,10,12H2. The average molecular weight is 282 g/mol. The molecule has 3 aromatic rings.